The van der Waals surface area contributed by atoms with Gasteiger partial charge in [0.05, 0.1) is 11.3 Å². The molecule has 34 heavy (non-hydrogen) atoms. The molecule has 0 bridgehead atoms. The molecule has 1 unspecified atom stereocenters. The first-order valence-electron chi connectivity index (χ1n) is 10.5. The van der Waals surface area contributed by atoms with E-state index in [2.05, 4.69) is 10.3 Å². The summed E-state index contributed by atoms with van der Waals surface area (Å²) in [5.74, 6) is -1.87. The Morgan fingerprint density at radius 3 is 2.44 bits per heavy atom. The maximum atomic E-state index is 14.0. The van der Waals surface area contributed by atoms with Gasteiger partial charge < -0.3 is 15.8 Å². The van der Waals surface area contributed by atoms with E-state index in [0.717, 1.165) is 12.1 Å². The fraction of sp³-hybridized carbons (Fsp3) is 0.391. The van der Waals surface area contributed by atoms with Crippen molar-refractivity contribution in [1.82, 2.24) is 14.7 Å². The third kappa shape index (κ3) is 6.02. The predicted octanol–water partition coefficient (Wildman–Crippen LogP) is 4.60. The zero-order valence-corrected chi connectivity index (χ0v) is 18.9. The molecular weight excluding hydrogens is 459 g/mol. The lowest BCUT2D eigenvalue weighted by Gasteiger charge is -2.25. The Labute approximate surface area is 192 Å². The van der Waals surface area contributed by atoms with E-state index < -0.39 is 42.3 Å². The van der Waals surface area contributed by atoms with Gasteiger partial charge in [0.25, 0.3) is 5.91 Å². The average Bonchev–Trinajstić information content (AvgIpc) is 3.05. The maximum Gasteiger partial charge on any atom is 0.389 e. The number of ether oxygens (including phenoxy) is 1. The molecule has 11 heteroatoms. The highest BCUT2D eigenvalue weighted by atomic mass is 19.4. The van der Waals surface area contributed by atoms with E-state index in [4.69, 9.17) is 10.5 Å². The number of amides is 1. The molecule has 0 saturated carbocycles. The summed E-state index contributed by atoms with van der Waals surface area (Å²) >= 11 is 0. The number of benzene rings is 1. The highest BCUT2D eigenvalue weighted by Gasteiger charge is 2.32. The van der Waals surface area contributed by atoms with Crippen LogP contribution in [0.2, 0.25) is 0 Å². The molecule has 0 radical (unpaired) electrons. The van der Waals surface area contributed by atoms with Crippen LogP contribution < -0.4 is 15.8 Å². The zero-order chi connectivity index (χ0) is 25.3. The SMILES string of the molecule is Cc1cc(OCc2c(F)cccc2F)c2nc(C)c(C(=O)NCC(C)(N)CCC(F)(F)F)n2c1. The number of carbonyl (C=O) groups is 1. The van der Waals surface area contributed by atoms with E-state index >= 15 is 0 Å². The third-order valence-electron chi connectivity index (χ3n) is 5.28. The Kier molecular flexibility index (Phi) is 7.15. The van der Waals surface area contributed by atoms with Gasteiger partial charge >= 0.3 is 6.18 Å². The number of imidazole rings is 1. The van der Waals surface area contributed by atoms with Crippen LogP contribution in [0.5, 0.6) is 5.75 Å². The minimum Gasteiger partial charge on any atom is -0.485 e. The minimum absolute atomic E-state index is 0.146. The van der Waals surface area contributed by atoms with Crippen molar-refractivity contribution in [3.05, 3.63) is 64.6 Å². The van der Waals surface area contributed by atoms with Crippen molar-refractivity contribution in [2.45, 2.75) is 51.9 Å². The first kappa shape index (κ1) is 25.4. The van der Waals surface area contributed by atoms with Crippen LogP contribution in [0, 0.1) is 25.5 Å². The molecule has 184 valence electrons. The van der Waals surface area contributed by atoms with E-state index in [0.29, 0.717) is 11.3 Å². The van der Waals surface area contributed by atoms with Gasteiger partial charge in [0.1, 0.15) is 23.9 Å². The molecule has 6 nitrogen and oxygen atoms in total. The smallest absolute Gasteiger partial charge is 0.389 e. The molecule has 3 N–H and O–H groups in total. The highest BCUT2D eigenvalue weighted by molar-refractivity contribution is 5.95. The number of hydrogen-bond donors (Lipinski definition) is 2. The Morgan fingerprint density at radius 1 is 1.18 bits per heavy atom. The summed E-state index contributed by atoms with van der Waals surface area (Å²) in [6, 6.07) is 5.11. The third-order valence-corrected chi connectivity index (χ3v) is 5.28. The maximum absolute atomic E-state index is 14.0. The monoisotopic (exact) mass is 484 g/mol. The molecule has 0 aliphatic carbocycles. The topological polar surface area (TPSA) is 81.6 Å². The van der Waals surface area contributed by atoms with Gasteiger partial charge in [0.15, 0.2) is 11.4 Å². The summed E-state index contributed by atoms with van der Waals surface area (Å²) < 4.78 is 72.6. The molecular formula is C23H25F5N4O2. The summed E-state index contributed by atoms with van der Waals surface area (Å²) in [5.41, 5.74) is 5.81. The number of pyridine rings is 1. The standard InChI is InChI=1S/C23H25F5N4O2/c1-13-9-18(34-11-15-16(24)5-4-6-17(15)25)20-31-14(2)19(32(20)10-13)21(33)30-12-22(3,29)7-8-23(26,27)28/h4-6,9-10H,7-8,11-12,29H2,1-3H3,(H,30,33). The van der Waals surface area contributed by atoms with Gasteiger partial charge in [-0.1, -0.05) is 6.07 Å². The van der Waals surface area contributed by atoms with Crippen LogP contribution in [0.3, 0.4) is 0 Å². The number of carbonyl (C=O) groups excluding carboxylic acids is 1. The van der Waals surface area contributed by atoms with Gasteiger partial charge in [-0.3, -0.25) is 9.20 Å². The quantitative estimate of drug-likeness (QED) is 0.458. The lowest BCUT2D eigenvalue weighted by molar-refractivity contribution is -0.137. The number of nitrogens with zero attached hydrogens (tertiary/aromatic N) is 2. The second-order valence-electron chi connectivity index (χ2n) is 8.56. The van der Waals surface area contributed by atoms with Crippen LogP contribution in [0.4, 0.5) is 22.0 Å². The van der Waals surface area contributed by atoms with Crippen LogP contribution in [0.25, 0.3) is 5.65 Å². The number of rotatable bonds is 8. The second-order valence-corrected chi connectivity index (χ2v) is 8.56. The van der Waals surface area contributed by atoms with Gasteiger partial charge in [-0.05, 0) is 51.0 Å². The highest BCUT2D eigenvalue weighted by Crippen LogP contribution is 2.27. The van der Waals surface area contributed by atoms with Gasteiger partial charge in [-0.15, -0.1) is 0 Å². The Balaban J connectivity index is 1.82. The van der Waals surface area contributed by atoms with Crippen molar-refractivity contribution in [2.75, 3.05) is 6.54 Å². The molecule has 1 aromatic carbocycles. The molecule has 0 aliphatic rings. The summed E-state index contributed by atoms with van der Waals surface area (Å²) in [5, 5.41) is 2.57. The Hall–Kier alpha value is -3.21. The van der Waals surface area contributed by atoms with Crippen LogP contribution >= 0.6 is 0 Å². The molecule has 0 saturated heterocycles. The Bertz CT molecular complexity index is 1180. The van der Waals surface area contributed by atoms with E-state index in [-0.39, 0.29) is 35.6 Å². The van der Waals surface area contributed by atoms with Crippen molar-refractivity contribution in [2.24, 2.45) is 5.73 Å². The first-order chi connectivity index (χ1) is 15.8. The largest absolute Gasteiger partial charge is 0.485 e. The number of aryl methyl sites for hydroxylation is 2. The minimum atomic E-state index is -4.34. The van der Waals surface area contributed by atoms with Gasteiger partial charge in [-0.25, -0.2) is 13.8 Å². The second kappa shape index (κ2) is 9.57. The van der Waals surface area contributed by atoms with Gasteiger partial charge in [-0.2, -0.15) is 13.2 Å². The van der Waals surface area contributed by atoms with Crippen molar-refractivity contribution in [3.63, 3.8) is 0 Å². The fourth-order valence-corrected chi connectivity index (χ4v) is 3.44. The van der Waals surface area contributed by atoms with Crippen LogP contribution in [-0.2, 0) is 6.61 Å². The molecule has 3 rings (SSSR count). The van der Waals surface area contributed by atoms with Crippen LogP contribution in [-0.4, -0.2) is 33.6 Å². The number of halogens is 5. The fourth-order valence-electron chi connectivity index (χ4n) is 3.44. The number of nitrogens with one attached hydrogen (secondary N) is 1. The molecule has 2 aromatic heterocycles. The Morgan fingerprint density at radius 2 is 1.82 bits per heavy atom. The summed E-state index contributed by atoms with van der Waals surface area (Å²) in [6.45, 7) is 4.17. The molecule has 3 aromatic rings. The van der Waals surface area contributed by atoms with Crippen LogP contribution in [0.15, 0.2) is 30.5 Å². The van der Waals surface area contributed by atoms with Gasteiger partial charge in [0.2, 0.25) is 0 Å². The number of hydrogen-bond acceptors (Lipinski definition) is 4. The van der Waals surface area contributed by atoms with E-state index in [1.807, 2.05) is 0 Å². The molecule has 0 aliphatic heterocycles. The zero-order valence-electron chi connectivity index (χ0n) is 18.9. The lowest BCUT2D eigenvalue weighted by atomic mass is 9.97. The summed E-state index contributed by atoms with van der Waals surface area (Å²) in [7, 11) is 0. The summed E-state index contributed by atoms with van der Waals surface area (Å²) in [6.07, 6.45) is -4.13. The van der Waals surface area contributed by atoms with Crippen molar-refractivity contribution < 1.29 is 31.5 Å². The molecule has 1 atom stereocenters. The van der Waals surface area contributed by atoms with Crippen molar-refractivity contribution in [3.8, 4) is 5.75 Å². The number of nitrogens with two attached hydrogens (primary N) is 1. The average molecular weight is 484 g/mol. The van der Waals surface area contributed by atoms with Crippen LogP contribution in [0.1, 0.15) is 47.1 Å². The molecule has 0 spiro atoms. The molecule has 2 heterocycles. The number of alkyl halides is 3. The number of fused-ring (bicyclic) bond motifs is 1. The lowest BCUT2D eigenvalue weighted by Crippen LogP contribution is -2.48. The molecule has 0 fully saturated rings. The molecule has 1 amide bonds. The van der Waals surface area contributed by atoms with E-state index in [1.54, 1.807) is 26.1 Å². The summed E-state index contributed by atoms with van der Waals surface area (Å²) in [4.78, 5) is 17.2. The normalized spacial score (nSPS) is 13.7. The van der Waals surface area contributed by atoms with E-state index in [1.165, 1.54) is 17.4 Å². The van der Waals surface area contributed by atoms with Crippen molar-refractivity contribution >= 4 is 11.6 Å². The van der Waals surface area contributed by atoms with E-state index in [9.17, 15) is 26.7 Å². The van der Waals surface area contributed by atoms with Crippen molar-refractivity contribution in [1.29, 1.82) is 0 Å². The van der Waals surface area contributed by atoms with Gasteiger partial charge in [0, 0.05) is 24.7 Å². The first-order valence-corrected chi connectivity index (χ1v) is 10.5. The number of aromatic nitrogens is 2. The predicted molar refractivity (Wildman–Crippen MR) is 116 cm³/mol.